The molecule has 28 heavy (non-hydrogen) atoms. The number of anilines is 1. The molecule has 2 amide bonds. The summed E-state index contributed by atoms with van der Waals surface area (Å²) in [5.41, 5.74) is 2.09. The Kier molecular flexibility index (Phi) is 6.98. The molecule has 2 aromatic carbocycles. The number of hydrogen-bond donors (Lipinski definition) is 2. The van der Waals surface area contributed by atoms with Gasteiger partial charge in [-0.2, -0.15) is 0 Å². The summed E-state index contributed by atoms with van der Waals surface area (Å²) < 4.78 is 5.09. The van der Waals surface area contributed by atoms with Gasteiger partial charge in [0.2, 0.25) is 11.8 Å². The highest BCUT2D eigenvalue weighted by Gasteiger charge is 2.38. The van der Waals surface area contributed by atoms with Gasteiger partial charge in [0.05, 0.1) is 18.6 Å². The number of carbonyl (C=O) groups excluding carboxylic acids is 2. The maximum Gasteiger partial charge on any atom is 0.234 e. The first-order chi connectivity index (χ1) is 13.6. The summed E-state index contributed by atoms with van der Waals surface area (Å²) in [6.07, 6.45) is 3.41. The van der Waals surface area contributed by atoms with Gasteiger partial charge in [-0.3, -0.25) is 9.59 Å². The van der Waals surface area contributed by atoms with E-state index in [2.05, 4.69) is 34.9 Å². The van der Waals surface area contributed by atoms with E-state index >= 15 is 0 Å². The summed E-state index contributed by atoms with van der Waals surface area (Å²) in [5.74, 6) is 1.11. The molecule has 0 bridgehead atoms. The van der Waals surface area contributed by atoms with Crippen LogP contribution >= 0.6 is 11.8 Å². The van der Waals surface area contributed by atoms with Crippen molar-refractivity contribution in [1.82, 2.24) is 5.32 Å². The molecule has 5 nitrogen and oxygen atoms in total. The van der Waals surface area contributed by atoms with E-state index < -0.39 is 0 Å². The van der Waals surface area contributed by atoms with Crippen LogP contribution in [0.5, 0.6) is 5.75 Å². The van der Waals surface area contributed by atoms with Gasteiger partial charge in [0, 0.05) is 17.6 Å². The molecular weight excluding hydrogens is 372 g/mol. The number of methoxy groups -OCH3 is 1. The predicted molar refractivity (Wildman–Crippen MR) is 114 cm³/mol. The minimum absolute atomic E-state index is 0.0237. The van der Waals surface area contributed by atoms with Crippen molar-refractivity contribution in [2.75, 3.05) is 30.5 Å². The highest BCUT2D eigenvalue weighted by molar-refractivity contribution is 8.00. The lowest BCUT2D eigenvalue weighted by Crippen LogP contribution is -2.46. The lowest BCUT2D eigenvalue weighted by atomic mass is 9.64. The second kappa shape index (κ2) is 9.64. The summed E-state index contributed by atoms with van der Waals surface area (Å²) in [5, 5.41) is 5.87. The lowest BCUT2D eigenvalue weighted by Gasteiger charge is -2.42. The van der Waals surface area contributed by atoms with Crippen molar-refractivity contribution in [3.05, 3.63) is 60.2 Å². The van der Waals surface area contributed by atoms with Crippen LogP contribution in [0.25, 0.3) is 0 Å². The van der Waals surface area contributed by atoms with Crippen molar-refractivity contribution in [1.29, 1.82) is 0 Å². The van der Waals surface area contributed by atoms with Crippen molar-refractivity contribution in [3.8, 4) is 5.75 Å². The van der Waals surface area contributed by atoms with E-state index in [0.717, 1.165) is 18.6 Å². The minimum Gasteiger partial charge on any atom is -0.497 e. The molecule has 1 aliphatic rings. The summed E-state index contributed by atoms with van der Waals surface area (Å²) in [4.78, 5) is 24.2. The fourth-order valence-electron chi connectivity index (χ4n) is 3.39. The van der Waals surface area contributed by atoms with Crippen molar-refractivity contribution >= 4 is 29.3 Å². The molecule has 1 aliphatic carbocycles. The average molecular weight is 399 g/mol. The molecule has 1 fully saturated rings. The first-order valence-corrected chi connectivity index (χ1v) is 10.6. The second-order valence-electron chi connectivity index (χ2n) is 7.05. The lowest BCUT2D eigenvalue weighted by molar-refractivity contribution is -0.119. The Morgan fingerprint density at radius 3 is 2.29 bits per heavy atom. The van der Waals surface area contributed by atoms with Crippen molar-refractivity contribution in [2.45, 2.75) is 24.7 Å². The van der Waals surface area contributed by atoms with Crippen LogP contribution in [0, 0.1) is 0 Å². The number of amides is 2. The number of benzene rings is 2. The molecule has 0 heterocycles. The normalized spacial score (nSPS) is 14.6. The van der Waals surface area contributed by atoms with Crippen molar-refractivity contribution < 1.29 is 14.3 Å². The Morgan fingerprint density at radius 1 is 1.00 bits per heavy atom. The Bertz CT molecular complexity index is 789. The first kappa shape index (κ1) is 20.3. The second-order valence-corrected chi connectivity index (χ2v) is 8.03. The molecule has 2 aromatic rings. The highest BCUT2D eigenvalue weighted by atomic mass is 32.2. The molecule has 1 saturated carbocycles. The van der Waals surface area contributed by atoms with Crippen molar-refractivity contribution in [3.63, 3.8) is 0 Å². The fraction of sp³-hybridized carbons (Fsp3) is 0.364. The number of nitrogens with one attached hydrogen (secondary N) is 2. The van der Waals surface area contributed by atoms with Gasteiger partial charge in [-0.25, -0.2) is 0 Å². The molecule has 2 N–H and O–H groups in total. The molecule has 0 unspecified atom stereocenters. The van der Waals surface area contributed by atoms with Crippen LogP contribution in [0.4, 0.5) is 5.69 Å². The molecule has 6 heteroatoms. The van der Waals surface area contributed by atoms with Crippen molar-refractivity contribution in [2.24, 2.45) is 0 Å². The maximum absolute atomic E-state index is 12.2. The van der Waals surface area contributed by atoms with E-state index in [1.807, 2.05) is 6.07 Å². The van der Waals surface area contributed by atoms with E-state index in [1.165, 1.54) is 23.7 Å². The highest BCUT2D eigenvalue weighted by Crippen LogP contribution is 2.43. The van der Waals surface area contributed by atoms with Gasteiger partial charge in [-0.15, -0.1) is 11.8 Å². The van der Waals surface area contributed by atoms with E-state index in [0.29, 0.717) is 12.2 Å². The van der Waals surface area contributed by atoms with Gasteiger partial charge in [0.15, 0.2) is 0 Å². The Labute approximate surface area is 170 Å². The molecule has 3 rings (SSSR count). The molecule has 148 valence electrons. The third-order valence-corrected chi connectivity index (χ3v) is 6.09. The first-order valence-electron chi connectivity index (χ1n) is 9.45. The van der Waals surface area contributed by atoms with Crippen LogP contribution in [0.15, 0.2) is 54.6 Å². The smallest absolute Gasteiger partial charge is 0.234 e. The van der Waals surface area contributed by atoms with Gasteiger partial charge in [-0.1, -0.05) is 36.8 Å². The van der Waals surface area contributed by atoms with E-state index in [4.69, 9.17) is 4.74 Å². The van der Waals surface area contributed by atoms with Crippen LogP contribution in [-0.4, -0.2) is 37.0 Å². The fourth-order valence-corrected chi connectivity index (χ4v) is 4.04. The molecule has 0 spiro atoms. The summed E-state index contributed by atoms with van der Waals surface area (Å²) in [6, 6.07) is 17.6. The zero-order valence-corrected chi connectivity index (χ0v) is 16.9. The van der Waals surface area contributed by atoms with Crippen LogP contribution < -0.4 is 15.4 Å². The molecule has 0 radical (unpaired) electrons. The van der Waals surface area contributed by atoms with E-state index in [1.54, 1.807) is 31.4 Å². The Morgan fingerprint density at radius 2 is 1.68 bits per heavy atom. The van der Waals surface area contributed by atoms with Gasteiger partial charge >= 0.3 is 0 Å². The summed E-state index contributed by atoms with van der Waals surface area (Å²) in [7, 11) is 1.60. The molecule has 0 atom stereocenters. The average Bonchev–Trinajstić information content (AvgIpc) is 2.68. The number of carbonyl (C=O) groups is 2. The standard InChI is InChI=1S/C22H26N2O3S/c1-27-19-10-8-18(9-11-19)24-21(26)15-28-14-20(25)23-16-22(12-5-13-22)17-6-3-2-4-7-17/h2-4,6-11H,5,12-16H2,1H3,(H,23,25)(H,24,26). The van der Waals surface area contributed by atoms with Gasteiger partial charge < -0.3 is 15.4 Å². The van der Waals surface area contributed by atoms with Crippen LogP contribution in [0.3, 0.4) is 0 Å². The zero-order chi connectivity index (χ0) is 19.8. The topological polar surface area (TPSA) is 67.4 Å². The quantitative estimate of drug-likeness (QED) is 0.677. The van der Waals surface area contributed by atoms with Gasteiger partial charge in [0.25, 0.3) is 0 Å². The van der Waals surface area contributed by atoms with Crippen LogP contribution in [0.2, 0.25) is 0 Å². The van der Waals surface area contributed by atoms with Gasteiger partial charge in [0.1, 0.15) is 5.75 Å². The number of ether oxygens (including phenoxy) is 1. The van der Waals surface area contributed by atoms with E-state index in [9.17, 15) is 9.59 Å². The summed E-state index contributed by atoms with van der Waals surface area (Å²) in [6.45, 7) is 0.661. The molecular formula is C22H26N2O3S. The van der Waals surface area contributed by atoms with Crippen LogP contribution in [0.1, 0.15) is 24.8 Å². The SMILES string of the molecule is COc1ccc(NC(=O)CSCC(=O)NCC2(c3ccccc3)CCC2)cc1. The number of hydrogen-bond acceptors (Lipinski definition) is 4. The Hall–Kier alpha value is -2.47. The largest absolute Gasteiger partial charge is 0.497 e. The number of thioether (sulfide) groups is 1. The maximum atomic E-state index is 12.2. The third kappa shape index (κ3) is 5.29. The number of rotatable bonds is 9. The molecule has 0 saturated heterocycles. The zero-order valence-electron chi connectivity index (χ0n) is 16.1. The van der Waals surface area contributed by atoms with E-state index in [-0.39, 0.29) is 28.7 Å². The predicted octanol–water partition coefficient (Wildman–Crippen LogP) is 3.61. The monoisotopic (exact) mass is 398 g/mol. The van der Waals surface area contributed by atoms with Gasteiger partial charge in [-0.05, 0) is 42.7 Å². The molecule has 0 aliphatic heterocycles. The third-order valence-electron chi connectivity index (χ3n) is 5.16. The van der Waals surface area contributed by atoms with Crippen LogP contribution in [-0.2, 0) is 15.0 Å². The summed E-state index contributed by atoms with van der Waals surface area (Å²) >= 11 is 1.32. The minimum atomic E-state index is -0.122. The Balaban J connectivity index is 1.37. The molecule has 0 aromatic heterocycles.